The topological polar surface area (TPSA) is 23.8 Å². The number of hydrogen-bond donors (Lipinski definition) is 0. The number of hydrogen-bond acceptors (Lipinski definition) is 1. The first kappa shape index (κ1) is 8.28. The second-order valence-corrected chi connectivity index (χ2v) is 2.75. The Balaban J connectivity index is 2.94. The zero-order chi connectivity index (χ0) is 8.10. The van der Waals surface area contributed by atoms with Crippen LogP contribution in [0.3, 0.4) is 0 Å². The normalized spacial score (nSPS) is 9.82. The average molecular weight is 255 g/mol. The van der Waals surface area contributed by atoms with Crippen LogP contribution in [0.15, 0.2) is 28.3 Å². The quantitative estimate of drug-likeness (QED) is 0.707. The SMILES string of the molecule is N#Cc1ccc(/C=C/I)cc1. The Morgan fingerprint density at radius 3 is 2.36 bits per heavy atom. The molecule has 0 aromatic heterocycles. The summed E-state index contributed by atoms with van der Waals surface area (Å²) in [5.41, 5.74) is 1.83. The van der Waals surface area contributed by atoms with Crippen molar-refractivity contribution >= 4 is 28.7 Å². The van der Waals surface area contributed by atoms with E-state index in [0.29, 0.717) is 5.56 Å². The zero-order valence-electron chi connectivity index (χ0n) is 5.79. The van der Waals surface area contributed by atoms with Crippen LogP contribution >= 0.6 is 22.6 Å². The molecule has 1 rings (SSSR count). The van der Waals surface area contributed by atoms with E-state index in [0.717, 1.165) is 5.56 Å². The first-order valence-electron chi connectivity index (χ1n) is 3.14. The minimum atomic E-state index is 0.704. The van der Waals surface area contributed by atoms with E-state index in [1.165, 1.54) is 0 Å². The summed E-state index contributed by atoms with van der Waals surface area (Å²) in [6.07, 6.45) is 1.99. The predicted octanol–water partition coefficient (Wildman–Crippen LogP) is 2.96. The third-order valence-corrected chi connectivity index (χ3v) is 1.65. The van der Waals surface area contributed by atoms with Gasteiger partial charge < -0.3 is 0 Å². The van der Waals surface area contributed by atoms with Crippen LogP contribution in [-0.2, 0) is 0 Å². The molecule has 11 heavy (non-hydrogen) atoms. The van der Waals surface area contributed by atoms with Crippen molar-refractivity contribution in [3.8, 4) is 6.07 Å². The Hall–Kier alpha value is -0.820. The Labute approximate surface area is 79.5 Å². The van der Waals surface area contributed by atoms with E-state index in [2.05, 4.69) is 28.7 Å². The van der Waals surface area contributed by atoms with E-state index >= 15 is 0 Å². The lowest BCUT2D eigenvalue weighted by molar-refractivity contribution is 1.48. The molecule has 0 saturated carbocycles. The average Bonchev–Trinajstić information content (AvgIpc) is 2.07. The van der Waals surface area contributed by atoms with Crippen LogP contribution in [0, 0.1) is 11.3 Å². The van der Waals surface area contributed by atoms with Gasteiger partial charge in [-0.05, 0) is 27.9 Å². The fourth-order valence-electron chi connectivity index (χ4n) is 0.742. The molecular weight excluding hydrogens is 249 g/mol. The van der Waals surface area contributed by atoms with Crippen LogP contribution in [0.2, 0.25) is 0 Å². The van der Waals surface area contributed by atoms with Gasteiger partial charge in [-0.15, -0.1) is 0 Å². The monoisotopic (exact) mass is 255 g/mol. The second-order valence-electron chi connectivity index (χ2n) is 2.03. The fourth-order valence-corrected chi connectivity index (χ4v) is 1.16. The third-order valence-electron chi connectivity index (χ3n) is 1.30. The molecule has 0 saturated heterocycles. The molecule has 0 aliphatic heterocycles. The van der Waals surface area contributed by atoms with Crippen LogP contribution in [0.5, 0.6) is 0 Å². The van der Waals surface area contributed by atoms with Crippen LogP contribution in [-0.4, -0.2) is 0 Å². The number of halogens is 1. The number of benzene rings is 1. The number of nitriles is 1. The van der Waals surface area contributed by atoms with Crippen molar-refractivity contribution in [2.45, 2.75) is 0 Å². The van der Waals surface area contributed by atoms with Crippen molar-refractivity contribution in [1.29, 1.82) is 5.26 Å². The Kier molecular flexibility index (Phi) is 3.12. The van der Waals surface area contributed by atoms with Gasteiger partial charge in [0.2, 0.25) is 0 Å². The molecule has 0 bridgehead atoms. The van der Waals surface area contributed by atoms with E-state index in [1.54, 1.807) is 0 Å². The van der Waals surface area contributed by atoms with Gasteiger partial charge in [0.05, 0.1) is 11.6 Å². The van der Waals surface area contributed by atoms with Gasteiger partial charge in [0, 0.05) is 0 Å². The van der Waals surface area contributed by atoms with Gasteiger partial charge in [0.15, 0.2) is 0 Å². The number of nitrogens with zero attached hydrogens (tertiary/aromatic N) is 1. The molecule has 1 aromatic carbocycles. The molecular formula is C9H6IN. The van der Waals surface area contributed by atoms with Gasteiger partial charge in [-0.25, -0.2) is 0 Å². The first-order valence-corrected chi connectivity index (χ1v) is 4.38. The first-order chi connectivity index (χ1) is 5.36. The molecule has 0 radical (unpaired) electrons. The third kappa shape index (κ3) is 2.35. The van der Waals surface area contributed by atoms with Crippen LogP contribution in [0.4, 0.5) is 0 Å². The molecule has 0 spiro atoms. The van der Waals surface area contributed by atoms with E-state index in [9.17, 15) is 0 Å². The van der Waals surface area contributed by atoms with Crippen LogP contribution in [0.25, 0.3) is 6.08 Å². The summed E-state index contributed by atoms with van der Waals surface area (Å²) < 4.78 is 1.94. The summed E-state index contributed by atoms with van der Waals surface area (Å²) in [6.45, 7) is 0. The molecule has 0 atom stereocenters. The van der Waals surface area contributed by atoms with Gasteiger partial charge in [-0.2, -0.15) is 5.26 Å². The fraction of sp³-hybridized carbons (Fsp3) is 0. The molecule has 2 heteroatoms. The summed E-state index contributed by atoms with van der Waals surface area (Å²) in [4.78, 5) is 0. The maximum Gasteiger partial charge on any atom is 0.0991 e. The summed E-state index contributed by atoms with van der Waals surface area (Å²) in [5, 5.41) is 8.49. The minimum Gasteiger partial charge on any atom is -0.192 e. The van der Waals surface area contributed by atoms with Gasteiger partial charge in [-0.3, -0.25) is 0 Å². The molecule has 54 valence electrons. The van der Waals surface area contributed by atoms with Gasteiger partial charge in [0.25, 0.3) is 0 Å². The lowest BCUT2D eigenvalue weighted by Crippen LogP contribution is -1.73. The van der Waals surface area contributed by atoms with Crippen LogP contribution in [0.1, 0.15) is 11.1 Å². The van der Waals surface area contributed by atoms with E-state index in [4.69, 9.17) is 5.26 Å². The van der Waals surface area contributed by atoms with Crippen LogP contribution < -0.4 is 0 Å². The highest BCUT2D eigenvalue weighted by atomic mass is 127. The van der Waals surface area contributed by atoms with Crippen molar-refractivity contribution in [3.63, 3.8) is 0 Å². The molecule has 0 fully saturated rings. The predicted molar refractivity (Wildman–Crippen MR) is 54.2 cm³/mol. The second kappa shape index (κ2) is 4.14. The van der Waals surface area contributed by atoms with Crippen molar-refractivity contribution in [2.75, 3.05) is 0 Å². The van der Waals surface area contributed by atoms with Gasteiger partial charge in [-0.1, -0.05) is 34.7 Å². The smallest absolute Gasteiger partial charge is 0.0991 e. The molecule has 1 nitrogen and oxygen atoms in total. The molecule has 0 N–H and O–H groups in total. The maximum absolute atomic E-state index is 8.49. The van der Waals surface area contributed by atoms with E-state index in [1.807, 2.05) is 34.4 Å². The van der Waals surface area contributed by atoms with Crippen molar-refractivity contribution in [3.05, 3.63) is 39.5 Å². The van der Waals surface area contributed by atoms with Crippen molar-refractivity contribution < 1.29 is 0 Å². The standard InChI is InChI=1S/C9H6IN/c10-6-5-8-1-3-9(7-11)4-2-8/h1-6H/b6-5+. The summed E-state index contributed by atoms with van der Waals surface area (Å²) >= 11 is 2.16. The van der Waals surface area contributed by atoms with Crippen molar-refractivity contribution in [1.82, 2.24) is 0 Å². The maximum atomic E-state index is 8.49. The van der Waals surface area contributed by atoms with E-state index < -0.39 is 0 Å². The van der Waals surface area contributed by atoms with Gasteiger partial charge >= 0.3 is 0 Å². The molecule has 0 amide bonds. The molecule has 1 aromatic rings. The molecule has 0 aliphatic carbocycles. The van der Waals surface area contributed by atoms with Crippen molar-refractivity contribution in [2.24, 2.45) is 0 Å². The van der Waals surface area contributed by atoms with Gasteiger partial charge in [0.1, 0.15) is 0 Å². The number of rotatable bonds is 1. The highest BCUT2D eigenvalue weighted by molar-refractivity contribution is 14.1. The van der Waals surface area contributed by atoms with E-state index in [-0.39, 0.29) is 0 Å². The Bertz CT molecular complexity index is 292. The summed E-state index contributed by atoms with van der Waals surface area (Å²) in [6, 6.07) is 9.54. The molecule has 0 heterocycles. The Morgan fingerprint density at radius 2 is 1.91 bits per heavy atom. The minimum absolute atomic E-state index is 0.704. The summed E-state index contributed by atoms with van der Waals surface area (Å²) in [5.74, 6) is 0. The molecule has 0 aliphatic rings. The zero-order valence-corrected chi connectivity index (χ0v) is 7.95. The molecule has 0 unspecified atom stereocenters. The highest BCUT2D eigenvalue weighted by Gasteiger charge is 1.87. The lowest BCUT2D eigenvalue weighted by atomic mass is 10.1. The highest BCUT2D eigenvalue weighted by Crippen LogP contribution is 2.05. The lowest BCUT2D eigenvalue weighted by Gasteiger charge is -1.90. The summed E-state index contributed by atoms with van der Waals surface area (Å²) in [7, 11) is 0. The largest absolute Gasteiger partial charge is 0.192 e. The Morgan fingerprint density at radius 1 is 1.27 bits per heavy atom.